The predicted octanol–water partition coefficient (Wildman–Crippen LogP) is 0.965. The fourth-order valence-electron chi connectivity index (χ4n) is 2.15. The summed E-state index contributed by atoms with van der Waals surface area (Å²) in [4.78, 5) is 23.5. The minimum atomic E-state index is -0.327. The first-order chi connectivity index (χ1) is 10.1. The summed E-state index contributed by atoms with van der Waals surface area (Å²) in [6.07, 6.45) is 1.97. The smallest absolute Gasteiger partial charge is 0.224 e. The third kappa shape index (κ3) is 4.56. The van der Waals surface area contributed by atoms with E-state index >= 15 is 0 Å². The molecule has 0 saturated heterocycles. The Hall–Kier alpha value is -1.88. The quantitative estimate of drug-likeness (QED) is 0.654. The number of benzene rings is 1. The van der Waals surface area contributed by atoms with Gasteiger partial charge in [0, 0.05) is 25.0 Å². The Morgan fingerprint density at radius 3 is 2.43 bits per heavy atom. The standard InChI is InChI=1S/C16H23N3O2/c1-11(14(17)12-5-3-2-4-6-12)15(20)18-9-10-19-16(21)13-7-8-13/h2-6,11,13-14H,7-10,17H2,1H3,(H,18,20)(H,19,21). The maximum absolute atomic E-state index is 12.0. The van der Waals surface area contributed by atoms with Gasteiger partial charge in [0.1, 0.15) is 0 Å². The van der Waals surface area contributed by atoms with E-state index in [4.69, 9.17) is 5.73 Å². The van der Waals surface area contributed by atoms with Crippen molar-refractivity contribution in [3.63, 3.8) is 0 Å². The summed E-state index contributed by atoms with van der Waals surface area (Å²) in [7, 11) is 0. The molecule has 1 aromatic rings. The molecule has 0 bridgehead atoms. The number of hydrogen-bond acceptors (Lipinski definition) is 3. The van der Waals surface area contributed by atoms with E-state index in [0.717, 1.165) is 18.4 Å². The molecule has 1 aromatic carbocycles. The Kier molecular flexibility index (Phi) is 5.33. The van der Waals surface area contributed by atoms with Crippen LogP contribution in [0.4, 0.5) is 0 Å². The van der Waals surface area contributed by atoms with Crippen molar-refractivity contribution in [2.75, 3.05) is 13.1 Å². The molecule has 0 aromatic heterocycles. The Bertz CT molecular complexity index is 486. The lowest BCUT2D eigenvalue weighted by molar-refractivity contribution is -0.126. The molecular weight excluding hydrogens is 266 g/mol. The lowest BCUT2D eigenvalue weighted by Gasteiger charge is -2.19. The van der Waals surface area contributed by atoms with Crippen molar-refractivity contribution >= 4 is 11.8 Å². The Balaban J connectivity index is 1.70. The first-order valence-electron chi connectivity index (χ1n) is 7.45. The molecule has 5 nitrogen and oxygen atoms in total. The van der Waals surface area contributed by atoms with Crippen LogP contribution in [0, 0.1) is 11.8 Å². The van der Waals surface area contributed by atoms with Gasteiger partial charge in [-0.25, -0.2) is 0 Å². The Labute approximate surface area is 125 Å². The van der Waals surface area contributed by atoms with E-state index in [-0.39, 0.29) is 29.7 Å². The van der Waals surface area contributed by atoms with Crippen LogP contribution in [0.1, 0.15) is 31.4 Å². The van der Waals surface area contributed by atoms with Crippen LogP contribution in [0.5, 0.6) is 0 Å². The summed E-state index contributed by atoms with van der Waals surface area (Å²) in [6, 6.07) is 9.26. The Morgan fingerprint density at radius 2 is 1.81 bits per heavy atom. The van der Waals surface area contributed by atoms with Crippen LogP contribution in [-0.4, -0.2) is 24.9 Å². The van der Waals surface area contributed by atoms with Gasteiger partial charge < -0.3 is 16.4 Å². The van der Waals surface area contributed by atoms with Gasteiger partial charge in [-0.1, -0.05) is 37.3 Å². The SMILES string of the molecule is CC(C(=O)NCCNC(=O)C1CC1)C(N)c1ccccc1. The van der Waals surface area contributed by atoms with Crippen LogP contribution in [0.25, 0.3) is 0 Å². The lowest BCUT2D eigenvalue weighted by Crippen LogP contribution is -2.40. The average Bonchev–Trinajstić information content (AvgIpc) is 3.35. The van der Waals surface area contributed by atoms with Crippen LogP contribution < -0.4 is 16.4 Å². The van der Waals surface area contributed by atoms with E-state index in [1.165, 1.54) is 0 Å². The molecule has 5 heteroatoms. The van der Waals surface area contributed by atoms with Crippen LogP contribution >= 0.6 is 0 Å². The molecule has 4 N–H and O–H groups in total. The molecule has 1 aliphatic carbocycles. The molecule has 0 radical (unpaired) electrons. The zero-order chi connectivity index (χ0) is 15.2. The van der Waals surface area contributed by atoms with Gasteiger partial charge in [-0.15, -0.1) is 0 Å². The topological polar surface area (TPSA) is 84.2 Å². The molecule has 21 heavy (non-hydrogen) atoms. The molecule has 114 valence electrons. The van der Waals surface area contributed by atoms with Gasteiger partial charge in [0.25, 0.3) is 0 Å². The van der Waals surface area contributed by atoms with Crippen LogP contribution in [-0.2, 0) is 9.59 Å². The summed E-state index contributed by atoms with van der Waals surface area (Å²) in [5.41, 5.74) is 7.06. The lowest BCUT2D eigenvalue weighted by atomic mass is 9.95. The molecule has 1 aliphatic rings. The van der Waals surface area contributed by atoms with Gasteiger partial charge in [0.15, 0.2) is 0 Å². The summed E-state index contributed by atoms with van der Waals surface area (Å²) >= 11 is 0. The second-order valence-electron chi connectivity index (χ2n) is 5.58. The highest BCUT2D eigenvalue weighted by molar-refractivity contribution is 5.81. The summed E-state index contributed by atoms with van der Waals surface area (Å²) in [5.74, 6) is -0.108. The largest absolute Gasteiger partial charge is 0.354 e. The predicted molar refractivity (Wildman–Crippen MR) is 81.3 cm³/mol. The Morgan fingerprint density at radius 1 is 1.19 bits per heavy atom. The number of hydrogen-bond donors (Lipinski definition) is 3. The minimum absolute atomic E-state index is 0.0907. The normalized spacial score (nSPS) is 16.9. The molecule has 2 atom stereocenters. The zero-order valence-corrected chi connectivity index (χ0v) is 12.3. The highest BCUT2D eigenvalue weighted by atomic mass is 16.2. The highest BCUT2D eigenvalue weighted by Crippen LogP contribution is 2.28. The molecule has 2 unspecified atom stereocenters. The van der Waals surface area contributed by atoms with E-state index in [9.17, 15) is 9.59 Å². The van der Waals surface area contributed by atoms with Crippen molar-refractivity contribution in [3.05, 3.63) is 35.9 Å². The molecule has 2 amide bonds. The number of nitrogens with two attached hydrogens (primary N) is 1. The summed E-state index contributed by atoms with van der Waals surface area (Å²) < 4.78 is 0. The van der Waals surface area contributed by atoms with Crippen molar-refractivity contribution < 1.29 is 9.59 Å². The van der Waals surface area contributed by atoms with E-state index in [1.54, 1.807) is 0 Å². The van der Waals surface area contributed by atoms with Gasteiger partial charge in [-0.3, -0.25) is 9.59 Å². The number of nitrogens with one attached hydrogen (secondary N) is 2. The monoisotopic (exact) mass is 289 g/mol. The molecule has 2 rings (SSSR count). The maximum atomic E-state index is 12.0. The number of rotatable bonds is 7. The van der Waals surface area contributed by atoms with Crippen molar-refractivity contribution in [1.82, 2.24) is 10.6 Å². The summed E-state index contributed by atoms with van der Waals surface area (Å²) in [6.45, 7) is 2.72. The van der Waals surface area contributed by atoms with E-state index in [2.05, 4.69) is 10.6 Å². The molecule has 0 heterocycles. The second-order valence-corrected chi connectivity index (χ2v) is 5.58. The van der Waals surface area contributed by atoms with Crippen molar-refractivity contribution in [1.29, 1.82) is 0 Å². The van der Waals surface area contributed by atoms with Crippen molar-refractivity contribution in [2.24, 2.45) is 17.6 Å². The molecule has 1 fully saturated rings. The van der Waals surface area contributed by atoms with Crippen LogP contribution in [0.2, 0.25) is 0 Å². The van der Waals surface area contributed by atoms with Crippen molar-refractivity contribution in [2.45, 2.75) is 25.8 Å². The number of amides is 2. The third-order valence-corrected chi connectivity index (χ3v) is 3.81. The van der Waals surface area contributed by atoms with Crippen LogP contribution in [0.3, 0.4) is 0 Å². The first-order valence-corrected chi connectivity index (χ1v) is 7.45. The van der Waals surface area contributed by atoms with Gasteiger partial charge in [0.2, 0.25) is 11.8 Å². The van der Waals surface area contributed by atoms with E-state index < -0.39 is 0 Å². The van der Waals surface area contributed by atoms with Gasteiger partial charge in [-0.2, -0.15) is 0 Å². The average molecular weight is 289 g/mol. The number of carbonyl (C=O) groups is 2. The molecule has 0 spiro atoms. The van der Waals surface area contributed by atoms with E-state index in [1.807, 2.05) is 37.3 Å². The number of carbonyl (C=O) groups excluding carboxylic acids is 2. The van der Waals surface area contributed by atoms with Gasteiger partial charge >= 0.3 is 0 Å². The van der Waals surface area contributed by atoms with Gasteiger partial charge in [-0.05, 0) is 18.4 Å². The first kappa shape index (κ1) is 15.5. The second kappa shape index (κ2) is 7.22. The van der Waals surface area contributed by atoms with Crippen molar-refractivity contribution in [3.8, 4) is 0 Å². The molecule has 1 saturated carbocycles. The molecular formula is C16H23N3O2. The third-order valence-electron chi connectivity index (χ3n) is 3.81. The maximum Gasteiger partial charge on any atom is 0.224 e. The van der Waals surface area contributed by atoms with Crippen LogP contribution in [0.15, 0.2) is 30.3 Å². The fourth-order valence-corrected chi connectivity index (χ4v) is 2.15. The van der Waals surface area contributed by atoms with Gasteiger partial charge in [0.05, 0.1) is 5.92 Å². The highest BCUT2D eigenvalue weighted by Gasteiger charge is 2.29. The molecule has 0 aliphatic heterocycles. The zero-order valence-electron chi connectivity index (χ0n) is 12.3. The fraction of sp³-hybridized carbons (Fsp3) is 0.500. The van der Waals surface area contributed by atoms with E-state index in [0.29, 0.717) is 13.1 Å². The minimum Gasteiger partial charge on any atom is -0.354 e. The summed E-state index contributed by atoms with van der Waals surface area (Å²) in [5, 5.41) is 5.63.